The van der Waals surface area contributed by atoms with Gasteiger partial charge in [-0.3, -0.25) is 0 Å². The van der Waals surface area contributed by atoms with Gasteiger partial charge in [-0.25, -0.2) is 4.39 Å². The Morgan fingerprint density at radius 1 is 1.39 bits per heavy atom. The molecule has 0 atom stereocenters. The third-order valence-electron chi connectivity index (χ3n) is 2.37. The van der Waals surface area contributed by atoms with Gasteiger partial charge in [-0.1, -0.05) is 0 Å². The van der Waals surface area contributed by atoms with Crippen molar-refractivity contribution in [1.29, 1.82) is 5.26 Å². The number of nitrogens with zero attached hydrogens (tertiary/aromatic N) is 1. The van der Waals surface area contributed by atoms with E-state index in [2.05, 4.69) is 11.4 Å². The fourth-order valence-electron chi connectivity index (χ4n) is 1.45. The normalized spacial score (nSPS) is 10.3. The zero-order valence-corrected chi connectivity index (χ0v) is 11.0. The minimum absolute atomic E-state index is 0.231. The summed E-state index contributed by atoms with van der Waals surface area (Å²) >= 11 is 1.76. The van der Waals surface area contributed by atoms with Crippen molar-refractivity contribution in [2.24, 2.45) is 0 Å². The molecule has 0 aliphatic rings. The highest BCUT2D eigenvalue weighted by Gasteiger charge is 2.03. The first-order chi connectivity index (χ1) is 8.77. The molecule has 1 aromatic rings. The van der Waals surface area contributed by atoms with E-state index in [1.165, 1.54) is 18.2 Å². The lowest BCUT2D eigenvalue weighted by molar-refractivity contribution is 0.296. The Hall–Kier alpha value is -1.09. The van der Waals surface area contributed by atoms with Gasteiger partial charge in [0.25, 0.3) is 0 Å². The van der Waals surface area contributed by atoms with Crippen molar-refractivity contribution in [1.82, 2.24) is 5.32 Å². The van der Waals surface area contributed by atoms with Crippen molar-refractivity contribution in [3.8, 4) is 6.07 Å². The van der Waals surface area contributed by atoms with E-state index in [0.717, 1.165) is 24.5 Å². The van der Waals surface area contributed by atoms with E-state index in [1.807, 2.05) is 0 Å². The number of benzene rings is 1. The molecule has 0 aliphatic heterocycles. The number of aliphatic hydroxyl groups is 1. The molecule has 3 nitrogen and oxygen atoms in total. The molecular formula is C13H17FN2OS. The predicted molar refractivity (Wildman–Crippen MR) is 71.8 cm³/mol. The SMILES string of the molecule is N#Cc1ccc(F)cc1CNCCSCCCO. The molecular weight excluding hydrogens is 251 g/mol. The van der Waals surface area contributed by atoms with Crippen LogP contribution < -0.4 is 5.32 Å². The van der Waals surface area contributed by atoms with E-state index < -0.39 is 0 Å². The predicted octanol–water partition coefficient (Wildman–Crippen LogP) is 1.90. The van der Waals surface area contributed by atoms with Gasteiger partial charge in [-0.15, -0.1) is 0 Å². The Kier molecular flexibility index (Phi) is 7.42. The molecule has 0 amide bonds. The molecule has 0 unspecified atom stereocenters. The third kappa shape index (κ3) is 5.50. The Balaban J connectivity index is 2.27. The van der Waals surface area contributed by atoms with Crippen LogP contribution in [0.3, 0.4) is 0 Å². The molecule has 2 N–H and O–H groups in total. The summed E-state index contributed by atoms with van der Waals surface area (Å²) in [6.07, 6.45) is 0.813. The van der Waals surface area contributed by atoms with Gasteiger partial charge in [0.2, 0.25) is 0 Å². The van der Waals surface area contributed by atoms with Crippen LogP contribution in [0.2, 0.25) is 0 Å². The van der Waals surface area contributed by atoms with Gasteiger partial charge in [0.1, 0.15) is 5.82 Å². The van der Waals surface area contributed by atoms with Crippen LogP contribution in [0.25, 0.3) is 0 Å². The van der Waals surface area contributed by atoms with Gasteiger partial charge in [0, 0.05) is 25.4 Å². The zero-order valence-electron chi connectivity index (χ0n) is 10.2. The van der Waals surface area contributed by atoms with Crippen LogP contribution in [0.5, 0.6) is 0 Å². The second-order valence-electron chi connectivity index (χ2n) is 3.78. The van der Waals surface area contributed by atoms with Crippen molar-refractivity contribution < 1.29 is 9.50 Å². The Morgan fingerprint density at radius 3 is 2.94 bits per heavy atom. The van der Waals surface area contributed by atoms with Gasteiger partial charge < -0.3 is 10.4 Å². The molecule has 1 aromatic carbocycles. The van der Waals surface area contributed by atoms with E-state index in [1.54, 1.807) is 11.8 Å². The Morgan fingerprint density at radius 2 is 2.22 bits per heavy atom. The highest BCUT2D eigenvalue weighted by Crippen LogP contribution is 2.10. The quantitative estimate of drug-likeness (QED) is 0.707. The molecule has 1 rings (SSSR count). The van der Waals surface area contributed by atoms with Gasteiger partial charge in [-0.05, 0) is 35.9 Å². The molecule has 0 saturated carbocycles. The second-order valence-corrected chi connectivity index (χ2v) is 5.00. The molecule has 0 fully saturated rings. The number of nitrogens with one attached hydrogen (secondary N) is 1. The maximum atomic E-state index is 13.0. The van der Waals surface area contributed by atoms with Gasteiger partial charge in [-0.2, -0.15) is 17.0 Å². The lowest BCUT2D eigenvalue weighted by Gasteiger charge is -2.06. The molecule has 0 aromatic heterocycles. The number of rotatable bonds is 8. The van der Waals surface area contributed by atoms with Gasteiger partial charge >= 0.3 is 0 Å². The smallest absolute Gasteiger partial charge is 0.123 e. The fourth-order valence-corrected chi connectivity index (χ4v) is 2.28. The van der Waals surface area contributed by atoms with Crippen molar-refractivity contribution in [3.05, 3.63) is 35.1 Å². The highest BCUT2D eigenvalue weighted by molar-refractivity contribution is 7.99. The average molecular weight is 268 g/mol. The highest BCUT2D eigenvalue weighted by atomic mass is 32.2. The average Bonchev–Trinajstić information content (AvgIpc) is 2.38. The van der Waals surface area contributed by atoms with Crippen molar-refractivity contribution in [2.45, 2.75) is 13.0 Å². The van der Waals surface area contributed by atoms with Crippen LogP contribution in [0.1, 0.15) is 17.5 Å². The summed E-state index contributed by atoms with van der Waals surface area (Å²) in [5, 5.41) is 20.7. The van der Waals surface area contributed by atoms with Crippen LogP contribution in [-0.2, 0) is 6.54 Å². The van der Waals surface area contributed by atoms with Gasteiger partial charge in [0.15, 0.2) is 0 Å². The number of aliphatic hydroxyl groups excluding tert-OH is 1. The summed E-state index contributed by atoms with van der Waals surface area (Å²) in [7, 11) is 0. The third-order valence-corrected chi connectivity index (χ3v) is 3.44. The van der Waals surface area contributed by atoms with E-state index in [9.17, 15) is 4.39 Å². The number of nitriles is 1. The summed E-state index contributed by atoms with van der Waals surface area (Å²) in [6, 6.07) is 6.25. The first-order valence-corrected chi connectivity index (χ1v) is 7.01. The van der Waals surface area contributed by atoms with E-state index in [-0.39, 0.29) is 12.4 Å². The molecule has 0 heterocycles. The Labute approximate surface area is 111 Å². The molecule has 0 spiro atoms. The number of hydrogen-bond donors (Lipinski definition) is 2. The van der Waals surface area contributed by atoms with E-state index >= 15 is 0 Å². The summed E-state index contributed by atoms with van der Waals surface area (Å²) in [5.41, 5.74) is 1.20. The van der Waals surface area contributed by atoms with Crippen molar-refractivity contribution >= 4 is 11.8 Å². The second kappa shape index (κ2) is 8.92. The van der Waals surface area contributed by atoms with Crippen LogP contribution in [-0.4, -0.2) is 29.8 Å². The zero-order chi connectivity index (χ0) is 13.2. The standard InChI is InChI=1S/C13H17FN2OS/c14-13-3-2-11(9-15)12(8-13)10-16-4-7-18-6-1-5-17/h2-3,8,16-17H,1,4-7,10H2. The van der Waals surface area contributed by atoms with Crippen LogP contribution >= 0.6 is 11.8 Å². The van der Waals surface area contributed by atoms with Crippen molar-refractivity contribution in [2.75, 3.05) is 24.7 Å². The number of thioether (sulfide) groups is 1. The van der Waals surface area contributed by atoms with E-state index in [0.29, 0.717) is 17.7 Å². The van der Waals surface area contributed by atoms with Crippen molar-refractivity contribution in [3.63, 3.8) is 0 Å². The molecule has 98 valence electrons. The number of halogens is 1. The van der Waals surface area contributed by atoms with Gasteiger partial charge in [0.05, 0.1) is 11.6 Å². The molecule has 0 radical (unpaired) electrons. The molecule has 18 heavy (non-hydrogen) atoms. The summed E-state index contributed by atoms with van der Waals surface area (Å²) < 4.78 is 13.0. The molecule has 0 aliphatic carbocycles. The van der Waals surface area contributed by atoms with Crippen LogP contribution in [0.4, 0.5) is 4.39 Å². The maximum absolute atomic E-state index is 13.0. The fraction of sp³-hybridized carbons (Fsp3) is 0.462. The molecule has 0 saturated heterocycles. The molecule has 0 bridgehead atoms. The first-order valence-electron chi connectivity index (χ1n) is 5.85. The van der Waals surface area contributed by atoms with E-state index in [4.69, 9.17) is 10.4 Å². The topological polar surface area (TPSA) is 56.0 Å². The summed E-state index contributed by atoms with van der Waals surface area (Å²) in [4.78, 5) is 0. The largest absolute Gasteiger partial charge is 0.396 e. The first kappa shape index (κ1) is 15.0. The lowest BCUT2D eigenvalue weighted by atomic mass is 10.1. The monoisotopic (exact) mass is 268 g/mol. The molecule has 5 heteroatoms. The Bertz CT molecular complexity index is 406. The minimum Gasteiger partial charge on any atom is -0.396 e. The maximum Gasteiger partial charge on any atom is 0.123 e. The summed E-state index contributed by atoms with van der Waals surface area (Å²) in [5.74, 6) is 1.57. The van der Waals surface area contributed by atoms with Crippen LogP contribution in [0.15, 0.2) is 18.2 Å². The number of hydrogen-bond acceptors (Lipinski definition) is 4. The lowest BCUT2D eigenvalue weighted by Crippen LogP contribution is -2.17. The summed E-state index contributed by atoms with van der Waals surface area (Å²) in [6.45, 7) is 1.54. The minimum atomic E-state index is -0.317. The van der Waals surface area contributed by atoms with Crippen LogP contribution in [0, 0.1) is 17.1 Å².